The van der Waals surface area contributed by atoms with Crippen molar-refractivity contribution in [1.29, 1.82) is 0 Å². The van der Waals surface area contributed by atoms with Gasteiger partial charge in [-0.1, -0.05) is 59.8 Å². The number of carboxylic acids is 1. The zero-order valence-electron chi connectivity index (χ0n) is 16.3. The Morgan fingerprint density at radius 3 is 2.55 bits per heavy atom. The summed E-state index contributed by atoms with van der Waals surface area (Å²) in [4.78, 5) is 15.9. The Morgan fingerprint density at radius 2 is 1.83 bits per heavy atom. The zero-order valence-corrected chi connectivity index (χ0v) is 16.3. The summed E-state index contributed by atoms with van der Waals surface area (Å²) in [5.41, 5.74) is 3.83. The van der Waals surface area contributed by atoms with Gasteiger partial charge in [-0.25, -0.2) is 0 Å². The second-order valence-corrected chi connectivity index (χ2v) is 6.60. The Morgan fingerprint density at radius 1 is 1.07 bits per heavy atom. The van der Waals surface area contributed by atoms with Crippen molar-refractivity contribution < 1.29 is 19.2 Å². The Hall–Kier alpha value is -3.38. The molecule has 0 atom stereocenters. The Bertz CT molecular complexity index is 947. The lowest BCUT2D eigenvalue weighted by Gasteiger charge is -2.05. The number of rotatable bonds is 10. The van der Waals surface area contributed by atoms with Crippen LogP contribution in [0.3, 0.4) is 0 Å². The van der Waals surface area contributed by atoms with E-state index >= 15 is 0 Å². The fraction of sp³-hybridized carbons (Fsp3) is 0.217. The summed E-state index contributed by atoms with van der Waals surface area (Å²) >= 11 is 0. The molecule has 0 aliphatic rings. The molecule has 3 aromatic rings. The van der Waals surface area contributed by atoms with Gasteiger partial charge in [0.2, 0.25) is 0 Å². The van der Waals surface area contributed by atoms with Crippen molar-refractivity contribution in [3.8, 4) is 11.3 Å². The van der Waals surface area contributed by atoms with E-state index in [9.17, 15) is 4.79 Å². The molecule has 2 N–H and O–H groups in total. The molecule has 0 amide bonds. The van der Waals surface area contributed by atoms with E-state index in [2.05, 4.69) is 10.5 Å². The van der Waals surface area contributed by atoms with E-state index in [0.717, 1.165) is 28.2 Å². The number of benzene rings is 2. The lowest BCUT2D eigenvalue weighted by atomic mass is 10.1. The molecule has 0 unspecified atom stereocenters. The third-order valence-corrected chi connectivity index (χ3v) is 4.34. The van der Waals surface area contributed by atoms with Gasteiger partial charge in [-0.05, 0) is 30.2 Å². The SMILES string of the molecule is CC(=NOCc1ccc(-c2ccccc2)o1)c1ccc(CNCCC(=O)O)cc1. The van der Waals surface area contributed by atoms with Gasteiger partial charge in [0.1, 0.15) is 11.5 Å². The maximum atomic E-state index is 10.5. The van der Waals surface area contributed by atoms with Gasteiger partial charge in [0.15, 0.2) is 6.61 Å². The van der Waals surface area contributed by atoms with E-state index in [-0.39, 0.29) is 13.0 Å². The van der Waals surface area contributed by atoms with Crippen LogP contribution in [0.1, 0.15) is 30.2 Å². The predicted octanol–water partition coefficient (Wildman–Crippen LogP) is 4.45. The molecule has 1 aromatic heterocycles. The van der Waals surface area contributed by atoms with Crippen LogP contribution in [0.5, 0.6) is 0 Å². The molecule has 0 saturated carbocycles. The van der Waals surface area contributed by atoms with Crippen LogP contribution in [-0.2, 0) is 22.8 Å². The molecular weight excluding hydrogens is 368 g/mol. The average Bonchev–Trinajstić information content (AvgIpc) is 3.21. The fourth-order valence-corrected chi connectivity index (χ4v) is 2.75. The minimum atomic E-state index is -0.800. The number of hydrogen-bond donors (Lipinski definition) is 2. The van der Waals surface area contributed by atoms with E-state index in [0.29, 0.717) is 18.8 Å². The number of aliphatic carboxylic acids is 1. The van der Waals surface area contributed by atoms with E-state index in [1.165, 1.54) is 0 Å². The molecule has 0 aliphatic carbocycles. The minimum Gasteiger partial charge on any atom is -0.481 e. The van der Waals surface area contributed by atoms with Crippen LogP contribution in [0.2, 0.25) is 0 Å². The number of oxime groups is 1. The highest BCUT2D eigenvalue weighted by Crippen LogP contribution is 2.22. The molecule has 0 saturated heterocycles. The standard InChI is InChI=1S/C23H24N2O4/c1-17(19-9-7-18(8-10-19)15-24-14-13-23(26)27)25-28-16-21-11-12-22(29-21)20-5-3-2-4-6-20/h2-12,24H,13-16H2,1H3,(H,26,27). The van der Waals surface area contributed by atoms with E-state index < -0.39 is 5.97 Å². The molecule has 3 rings (SSSR count). The van der Waals surface area contributed by atoms with Crippen molar-refractivity contribution in [3.05, 3.63) is 83.6 Å². The summed E-state index contributed by atoms with van der Waals surface area (Å²) in [6, 6.07) is 21.6. The average molecular weight is 392 g/mol. The Labute approximate surface area is 169 Å². The van der Waals surface area contributed by atoms with E-state index in [1.54, 1.807) is 0 Å². The molecule has 150 valence electrons. The predicted molar refractivity (Wildman–Crippen MR) is 112 cm³/mol. The van der Waals surface area contributed by atoms with Crippen LogP contribution in [0.25, 0.3) is 11.3 Å². The quantitative estimate of drug-likeness (QED) is 0.302. The van der Waals surface area contributed by atoms with Crippen molar-refractivity contribution in [3.63, 3.8) is 0 Å². The molecule has 29 heavy (non-hydrogen) atoms. The molecule has 0 aliphatic heterocycles. The first-order valence-corrected chi connectivity index (χ1v) is 9.44. The molecule has 0 bridgehead atoms. The monoisotopic (exact) mass is 392 g/mol. The van der Waals surface area contributed by atoms with Crippen molar-refractivity contribution in [2.45, 2.75) is 26.5 Å². The summed E-state index contributed by atoms with van der Waals surface area (Å²) in [6.45, 7) is 3.22. The van der Waals surface area contributed by atoms with Crippen molar-refractivity contribution in [2.24, 2.45) is 5.16 Å². The van der Waals surface area contributed by atoms with E-state index in [4.69, 9.17) is 14.4 Å². The lowest BCUT2D eigenvalue weighted by molar-refractivity contribution is -0.136. The highest BCUT2D eigenvalue weighted by atomic mass is 16.6. The van der Waals surface area contributed by atoms with Crippen molar-refractivity contribution in [1.82, 2.24) is 5.32 Å². The third kappa shape index (κ3) is 6.33. The fourth-order valence-electron chi connectivity index (χ4n) is 2.75. The van der Waals surface area contributed by atoms with E-state index in [1.807, 2.05) is 73.7 Å². The topological polar surface area (TPSA) is 84.1 Å². The molecule has 0 spiro atoms. The first-order valence-electron chi connectivity index (χ1n) is 9.44. The lowest BCUT2D eigenvalue weighted by Crippen LogP contribution is -2.17. The number of nitrogens with one attached hydrogen (secondary N) is 1. The second kappa shape index (κ2) is 10.2. The largest absolute Gasteiger partial charge is 0.481 e. The highest BCUT2D eigenvalue weighted by Gasteiger charge is 2.05. The van der Waals surface area contributed by atoms with Gasteiger partial charge in [-0.15, -0.1) is 0 Å². The van der Waals surface area contributed by atoms with Crippen LogP contribution in [0.15, 0.2) is 76.3 Å². The third-order valence-electron chi connectivity index (χ3n) is 4.34. The summed E-state index contributed by atoms with van der Waals surface area (Å²) in [7, 11) is 0. The molecule has 0 radical (unpaired) electrons. The first kappa shape index (κ1) is 20.4. The summed E-state index contributed by atoms with van der Waals surface area (Å²) < 4.78 is 5.80. The van der Waals surface area contributed by atoms with Gasteiger partial charge in [-0.2, -0.15) is 0 Å². The highest BCUT2D eigenvalue weighted by molar-refractivity contribution is 5.98. The van der Waals surface area contributed by atoms with Crippen LogP contribution in [0, 0.1) is 0 Å². The number of hydrogen-bond acceptors (Lipinski definition) is 5. The van der Waals surface area contributed by atoms with Crippen LogP contribution >= 0.6 is 0 Å². The second-order valence-electron chi connectivity index (χ2n) is 6.60. The summed E-state index contributed by atoms with van der Waals surface area (Å²) in [5.74, 6) is 0.714. The smallest absolute Gasteiger partial charge is 0.304 e. The summed E-state index contributed by atoms with van der Waals surface area (Å²) in [6.07, 6.45) is 0.115. The molecule has 6 nitrogen and oxygen atoms in total. The van der Waals surface area contributed by atoms with Gasteiger partial charge in [0, 0.05) is 18.7 Å². The Kier molecular flexibility index (Phi) is 7.19. The normalized spacial score (nSPS) is 11.4. The van der Waals surface area contributed by atoms with Crippen molar-refractivity contribution in [2.75, 3.05) is 6.54 Å². The first-order chi connectivity index (χ1) is 14.1. The van der Waals surface area contributed by atoms with Gasteiger partial charge in [0.25, 0.3) is 0 Å². The van der Waals surface area contributed by atoms with Crippen LogP contribution < -0.4 is 5.32 Å². The van der Waals surface area contributed by atoms with Gasteiger partial charge in [-0.3, -0.25) is 4.79 Å². The van der Waals surface area contributed by atoms with Gasteiger partial charge in [0.05, 0.1) is 12.1 Å². The van der Waals surface area contributed by atoms with Gasteiger partial charge < -0.3 is 19.7 Å². The van der Waals surface area contributed by atoms with Crippen molar-refractivity contribution >= 4 is 11.7 Å². The molecular formula is C23H24N2O4. The maximum absolute atomic E-state index is 10.5. The molecule has 6 heteroatoms. The van der Waals surface area contributed by atoms with Crippen LogP contribution in [-0.4, -0.2) is 23.3 Å². The number of furan rings is 1. The summed E-state index contributed by atoms with van der Waals surface area (Å²) in [5, 5.41) is 15.9. The molecule has 2 aromatic carbocycles. The number of nitrogens with zero attached hydrogens (tertiary/aromatic N) is 1. The van der Waals surface area contributed by atoms with Gasteiger partial charge >= 0.3 is 5.97 Å². The maximum Gasteiger partial charge on any atom is 0.304 e. The van der Waals surface area contributed by atoms with Crippen LogP contribution in [0.4, 0.5) is 0 Å². The minimum absolute atomic E-state index is 0.115. The zero-order chi connectivity index (χ0) is 20.5. The number of carbonyl (C=O) groups is 1. The number of carboxylic acid groups (broad SMARTS) is 1. The molecule has 0 fully saturated rings. The molecule has 1 heterocycles. The Balaban J connectivity index is 1.48.